The highest BCUT2D eigenvalue weighted by Gasteiger charge is 2.41. The molecule has 0 radical (unpaired) electrons. The minimum absolute atomic E-state index is 0.0944. The predicted molar refractivity (Wildman–Crippen MR) is 77.8 cm³/mol. The van der Waals surface area contributed by atoms with Crippen molar-refractivity contribution in [3.63, 3.8) is 0 Å². The number of amides is 1. The molecule has 1 unspecified atom stereocenters. The van der Waals surface area contributed by atoms with Gasteiger partial charge >= 0.3 is 5.69 Å². The normalized spacial score (nSPS) is 17.6. The summed E-state index contributed by atoms with van der Waals surface area (Å²) in [4.78, 5) is 24.3. The lowest BCUT2D eigenvalue weighted by molar-refractivity contribution is -0.123. The van der Waals surface area contributed by atoms with Crippen molar-refractivity contribution in [3.8, 4) is 0 Å². The fourth-order valence-corrected chi connectivity index (χ4v) is 2.61. The topological polar surface area (TPSA) is 94.4 Å². The molecule has 1 fully saturated rings. The van der Waals surface area contributed by atoms with Crippen LogP contribution in [-0.2, 0) is 11.3 Å². The number of aromatic nitrogens is 3. The fourth-order valence-electron chi connectivity index (χ4n) is 2.61. The standard InChI is InChI=1S/C14H19N5O2/c1-14(9-15,10-5-6-10)16-12(20)8-19-13(21)18-7-3-2-4-11(18)17-19/h2-4,7,10H,5-6,8-9,15H2,1H3,(H,16,20). The smallest absolute Gasteiger partial charge is 0.348 e. The van der Waals surface area contributed by atoms with E-state index in [1.165, 1.54) is 9.08 Å². The maximum Gasteiger partial charge on any atom is 0.350 e. The first-order valence-electron chi connectivity index (χ1n) is 7.09. The summed E-state index contributed by atoms with van der Waals surface area (Å²) in [6.07, 6.45) is 3.80. The van der Waals surface area contributed by atoms with E-state index in [-0.39, 0.29) is 23.7 Å². The lowest BCUT2D eigenvalue weighted by Crippen LogP contribution is -2.54. The molecule has 1 amide bonds. The third-order valence-electron chi connectivity index (χ3n) is 4.11. The quantitative estimate of drug-likeness (QED) is 0.793. The van der Waals surface area contributed by atoms with E-state index in [1.54, 1.807) is 24.4 Å². The van der Waals surface area contributed by atoms with E-state index in [2.05, 4.69) is 10.4 Å². The number of nitrogens with zero attached hydrogens (tertiary/aromatic N) is 3. The molecular weight excluding hydrogens is 270 g/mol. The van der Waals surface area contributed by atoms with Crippen LogP contribution in [0, 0.1) is 5.92 Å². The molecule has 0 spiro atoms. The zero-order valence-electron chi connectivity index (χ0n) is 12.0. The van der Waals surface area contributed by atoms with Crippen molar-refractivity contribution in [2.75, 3.05) is 6.54 Å². The number of hydrogen-bond donors (Lipinski definition) is 2. The zero-order chi connectivity index (χ0) is 15.0. The Labute approximate surface area is 121 Å². The molecule has 1 saturated carbocycles. The molecule has 2 aromatic rings. The Morgan fingerprint density at radius 3 is 2.90 bits per heavy atom. The van der Waals surface area contributed by atoms with E-state index in [4.69, 9.17) is 5.73 Å². The highest BCUT2D eigenvalue weighted by atomic mass is 16.2. The van der Waals surface area contributed by atoms with E-state index in [0.717, 1.165) is 12.8 Å². The van der Waals surface area contributed by atoms with Crippen LogP contribution in [0.3, 0.4) is 0 Å². The number of fused-ring (bicyclic) bond motifs is 1. The molecule has 1 aliphatic rings. The molecule has 0 aliphatic heterocycles. The van der Waals surface area contributed by atoms with Crippen molar-refractivity contribution in [2.45, 2.75) is 31.8 Å². The molecule has 0 aromatic carbocycles. The van der Waals surface area contributed by atoms with Crippen molar-refractivity contribution in [1.29, 1.82) is 0 Å². The SMILES string of the molecule is CC(CN)(NC(=O)Cn1nc2ccccn2c1=O)C1CC1. The lowest BCUT2D eigenvalue weighted by Gasteiger charge is -2.29. The molecule has 1 atom stereocenters. The fraction of sp³-hybridized carbons (Fsp3) is 0.500. The van der Waals surface area contributed by atoms with Crippen LogP contribution >= 0.6 is 0 Å². The van der Waals surface area contributed by atoms with Gasteiger partial charge in [0.2, 0.25) is 5.91 Å². The van der Waals surface area contributed by atoms with Gasteiger partial charge in [-0.2, -0.15) is 0 Å². The highest BCUT2D eigenvalue weighted by molar-refractivity contribution is 5.76. The van der Waals surface area contributed by atoms with Gasteiger partial charge in [-0.05, 0) is 37.8 Å². The number of rotatable bonds is 5. The molecule has 3 N–H and O–H groups in total. The third kappa shape index (κ3) is 2.56. The summed E-state index contributed by atoms with van der Waals surface area (Å²) in [7, 11) is 0. The second-order valence-electron chi connectivity index (χ2n) is 5.81. The van der Waals surface area contributed by atoms with Gasteiger partial charge in [0.05, 0.1) is 5.54 Å². The number of hydrogen-bond acceptors (Lipinski definition) is 4. The van der Waals surface area contributed by atoms with Gasteiger partial charge in [0.1, 0.15) is 6.54 Å². The van der Waals surface area contributed by atoms with Crippen LogP contribution in [0.2, 0.25) is 0 Å². The number of carbonyl (C=O) groups excluding carboxylic acids is 1. The number of nitrogens with one attached hydrogen (secondary N) is 1. The van der Waals surface area contributed by atoms with Crippen molar-refractivity contribution in [3.05, 3.63) is 34.9 Å². The summed E-state index contributed by atoms with van der Waals surface area (Å²) in [5.74, 6) is 0.199. The first-order chi connectivity index (χ1) is 10.0. The molecule has 2 heterocycles. The van der Waals surface area contributed by atoms with Crippen molar-refractivity contribution in [1.82, 2.24) is 19.5 Å². The van der Waals surface area contributed by atoms with Gasteiger partial charge in [-0.25, -0.2) is 9.48 Å². The third-order valence-corrected chi connectivity index (χ3v) is 4.11. The molecule has 112 valence electrons. The largest absolute Gasteiger partial charge is 0.350 e. The first kappa shape index (κ1) is 13.8. The molecule has 7 nitrogen and oxygen atoms in total. The maximum atomic E-state index is 12.2. The Morgan fingerprint density at radius 1 is 1.52 bits per heavy atom. The van der Waals surface area contributed by atoms with E-state index in [0.29, 0.717) is 18.1 Å². The summed E-state index contributed by atoms with van der Waals surface area (Å²) in [5, 5.41) is 7.10. The van der Waals surface area contributed by atoms with Crippen LogP contribution < -0.4 is 16.7 Å². The molecule has 0 bridgehead atoms. The van der Waals surface area contributed by atoms with E-state index < -0.39 is 0 Å². The Balaban J connectivity index is 1.77. The average molecular weight is 289 g/mol. The maximum absolute atomic E-state index is 12.2. The van der Waals surface area contributed by atoms with Gasteiger partial charge in [-0.3, -0.25) is 9.20 Å². The predicted octanol–water partition coefficient (Wildman–Crippen LogP) is -0.260. The van der Waals surface area contributed by atoms with Gasteiger partial charge in [-0.15, -0.1) is 5.10 Å². The first-order valence-corrected chi connectivity index (χ1v) is 7.09. The van der Waals surface area contributed by atoms with Crippen LogP contribution in [0.25, 0.3) is 5.65 Å². The Kier molecular flexibility index (Phi) is 3.29. The van der Waals surface area contributed by atoms with Gasteiger partial charge < -0.3 is 11.1 Å². The second-order valence-corrected chi connectivity index (χ2v) is 5.81. The molecule has 2 aromatic heterocycles. The van der Waals surface area contributed by atoms with Crippen LogP contribution in [0.15, 0.2) is 29.2 Å². The van der Waals surface area contributed by atoms with Crippen LogP contribution in [0.4, 0.5) is 0 Å². The Morgan fingerprint density at radius 2 is 2.29 bits per heavy atom. The summed E-state index contributed by atoms with van der Waals surface area (Å²) in [6, 6.07) is 5.27. The summed E-state index contributed by atoms with van der Waals surface area (Å²) in [5.41, 5.74) is 5.60. The van der Waals surface area contributed by atoms with Crippen molar-refractivity contribution < 1.29 is 4.79 Å². The average Bonchev–Trinajstić information content (AvgIpc) is 3.27. The minimum Gasteiger partial charge on any atom is -0.348 e. The van der Waals surface area contributed by atoms with Crippen molar-refractivity contribution >= 4 is 11.6 Å². The Hall–Kier alpha value is -2.15. The van der Waals surface area contributed by atoms with Crippen LogP contribution in [0.1, 0.15) is 19.8 Å². The number of carbonyl (C=O) groups is 1. The van der Waals surface area contributed by atoms with Gasteiger partial charge in [0.25, 0.3) is 0 Å². The van der Waals surface area contributed by atoms with E-state index in [1.807, 2.05) is 6.92 Å². The highest BCUT2D eigenvalue weighted by Crippen LogP contribution is 2.38. The van der Waals surface area contributed by atoms with Gasteiger partial charge in [0, 0.05) is 12.7 Å². The van der Waals surface area contributed by atoms with Crippen molar-refractivity contribution in [2.24, 2.45) is 11.7 Å². The van der Waals surface area contributed by atoms with Crippen LogP contribution in [0.5, 0.6) is 0 Å². The zero-order valence-corrected chi connectivity index (χ0v) is 12.0. The minimum atomic E-state index is -0.389. The molecular formula is C14H19N5O2. The molecule has 21 heavy (non-hydrogen) atoms. The summed E-state index contributed by atoms with van der Waals surface area (Å²) < 4.78 is 2.59. The molecule has 7 heteroatoms. The number of pyridine rings is 1. The molecule has 0 saturated heterocycles. The van der Waals surface area contributed by atoms with E-state index in [9.17, 15) is 9.59 Å². The monoisotopic (exact) mass is 289 g/mol. The second kappa shape index (κ2) is 5.00. The molecule has 1 aliphatic carbocycles. The van der Waals surface area contributed by atoms with Crippen LogP contribution in [-0.4, -0.2) is 32.2 Å². The van der Waals surface area contributed by atoms with Gasteiger partial charge in [-0.1, -0.05) is 6.07 Å². The Bertz CT molecular complexity index is 730. The number of nitrogens with two attached hydrogens (primary N) is 1. The summed E-state index contributed by atoms with van der Waals surface area (Å²) in [6.45, 7) is 2.25. The lowest BCUT2D eigenvalue weighted by atomic mass is 9.96. The summed E-state index contributed by atoms with van der Waals surface area (Å²) >= 11 is 0. The van der Waals surface area contributed by atoms with E-state index >= 15 is 0 Å². The van der Waals surface area contributed by atoms with Gasteiger partial charge in [0.15, 0.2) is 5.65 Å². The molecule has 3 rings (SSSR count).